The molecule has 0 saturated carbocycles. The number of hydrogen-bond acceptors (Lipinski definition) is 6. The van der Waals surface area contributed by atoms with Gasteiger partial charge >= 0.3 is 5.97 Å². The summed E-state index contributed by atoms with van der Waals surface area (Å²) in [6.07, 6.45) is 0. The van der Waals surface area contributed by atoms with Crippen molar-refractivity contribution in [2.24, 2.45) is 0 Å². The van der Waals surface area contributed by atoms with Crippen LogP contribution in [0.25, 0.3) is 9.88 Å². The minimum atomic E-state index is -0.562. The Kier molecular flexibility index (Phi) is 6.53. The topological polar surface area (TPSA) is 59.5 Å². The predicted octanol–water partition coefficient (Wildman–Crippen LogP) is 4.52. The van der Waals surface area contributed by atoms with Crippen LogP contribution in [0.5, 0.6) is 0 Å². The van der Waals surface area contributed by atoms with Gasteiger partial charge in [0.15, 0.2) is 6.61 Å². The van der Waals surface area contributed by atoms with Gasteiger partial charge in [0, 0.05) is 13.1 Å². The number of likely N-dealkylation sites (N-methyl/N-ethyl adjacent to an activating group) is 1. The lowest BCUT2D eigenvalue weighted by Gasteiger charge is -2.20. The van der Waals surface area contributed by atoms with E-state index in [9.17, 15) is 14.0 Å². The summed E-state index contributed by atoms with van der Waals surface area (Å²) in [7, 11) is 0. The van der Waals surface area contributed by atoms with E-state index in [1.807, 2.05) is 24.4 Å². The number of ether oxygens (including phenoxy) is 1. The largest absolute Gasteiger partial charge is 0.451 e. The first-order valence-corrected chi connectivity index (χ1v) is 10.4. The Bertz CT molecular complexity index is 970. The highest BCUT2D eigenvalue weighted by molar-refractivity contribution is 7.22. The summed E-state index contributed by atoms with van der Waals surface area (Å²) in [5, 5.41) is 2.70. The Hall–Kier alpha value is -2.58. The van der Waals surface area contributed by atoms with Crippen LogP contribution in [0.3, 0.4) is 0 Å². The van der Waals surface area contributed by atoms with Gasteiger partial charge in [-0.2, -0.15) is 0 Å². The van der Waals surface area contributed by atoms with Gasteiger partial charge in [-0.25, -0.2) is 14.2 Å². The number of benzene rings is 1. The molecule has 0 aliphatic rings. The van der Waals surface area contributed by atoms with Crippen molar-refractivity contribution in [3.63, 3.8) is 0 Å². The van der Waals surface area contributed by atoms with Gasteiger partial charge in [0.2, 0.25) is 0 Å². The van der Waals surface area contributed by atoms with E-state index >= 15 is 0 Å². The Morgan fingerprint density at radius 1 is 1.25 bits per heavy atom. The second kappa shape index (κ2) is 9.07. The Morgan fingerprint density at radius 2 is 2.07 bits per heavy atom. The van der Waals surface area contributed by atoms with E-state index < -0.39 is 5.97 Å². The number of carbonyl (C=O) groups excluding carboxylic acids is 2. The fourth-order valence-electron chi connectivity index (χ4n) is 2.61. The molecule has 8 heteroatoms. The summed E-state index contributed by atoms with van der Waals surface area (Å²) in [6, 6.07) is 9.94. The van der Waals surface area contributed by atoms with Gasteiger partial charge in [-0.3, -0.25) is 4.79 Å². The summed E-state index contributed by atoms with van der Waals surface area (Å²) < 4.78 is 18.5. The van der Waals surface area contributed by atoms with Crippen molar-refractivity contribution in [2.75, 3.05) is 13.2 Å². The fourth-order valence-corrected chi connectivity index (χ4v) is 4.36. The van der Waals surface area contributed by atoms with Crippen molar-refractivity contribution in [2.45, 2.75) is 20.4 Å². The quantitative estimate of drug-likeness (QED) is 0.529. The zero-order valence-electron chi connectivity index (χ0n) is 15.5. The summed E-state index contributed by atoms with van der Waals surface area (Å²) in [6.45, 7) is 3.88. The number of halogens is 1. The van der Waals surface area contributed by atoms with Crippen molar-refractivity contribution < 1.29 is 18.7 Å². The number of thiophene rings is 1. The fraction of sp³-hybridized carbons (Fsp3) is 0.250. The van der Waals surface area contributed by atoms with Crippen LogP contribution in [0.4, 0.5) is 4.39 Å². The summed E-state index contributed by atoms with van der Waals surface area (Å²) >= 11 is 2.80. The molecule has 0 aliphatic carbocycles. The molecule has 0 bridgehead atoms. The molecule has 0 unspecified atom stereocenters. The number of esters is 1. The van der Waals surface area contributed by atoms with E-state index in [-0.39, 0.29) is 24.9 Å². The molecule has 3 aromatic rings. The van der Waals surface area contributed by atoms with Crippen LogP contribution >= 0.6 is 22.7 Å². The van der Waals surface area contributed by atoms with E-state index in [0.717, 1.165) is 9.88 Å². The highest BCUT2D eigenvalue weighted by Crippen LogP contribution is 2.31. The Morgan fingerprint density at radius 3 is 2.75 bits per heavy atom. The van der Waals surface area contributed by atoms with Crippen LogP contribution in [-0.2, 0) is 16.1 Å². The standard InChI is InChI=1S/C20H19FN2O3S2/c1-3-23(11-14-6-4-7-15(21)10-14)17(24)12-26-20(25)18-13(2)22-19(28-18)16-8-5-9-27-16/h4-10H,3,11-12H2,1-2H3. The summed E-state index contributed by atoms with van der Waals surface area (Å²) in [5.74, 6) is -1.25. The molecule has 0 radical (unpaired) electrons. The number of thiazole rings is 1. The molecular formula is C20H19FN2O3S2. The van der Waals surface area contributed by atoms with Crippen molar-refractivity contribution in [3.8, 4) is 9.88 Å². The molecule has 2 heterocycles. The highest BCUT2D eigenvalue weighted by atomic mass is 32.1. The van der Waals surface area contributed by atoms with E-state index in [2.05, 4.69) is 4.98 Å². The third-order valence-corrected chi connectivity index (χ3v) is 6.21. The van der Waals surface area contributed by atoms with Crippen molar-refractivity contribution >= 4 is 34.6 Å². The first kappa shape index (κ1) is 20.2. The third-order valence-electron chi connectivity index (χ3n) is 4.04. The SMILES string of the molecule is CCN(Cc1cccc(F)c1)C(=O)COC(=O)c1sc(-c2cccs2)nc1C. The third kappa shape index (κ3) is 4.82. The number of amides is 1. The second-order valence-electron chi connectivity index (χ2n) is 6.02. The highest BCUT2D eigenvalue weighted by Gasteiger charge is 2.20. The Balaban J connectivity index is 1.61. The predicted molar refractivity (Wildman–Crippen MR) is 108 cm³/mol. The summed E-state index contributed by atoms with van der Waals surface area (Å²) in [5.41, 5.74) is 1.26. The Labute approximate surface area is 170 Å². The minimum Gasteiger partial charge on any atom is -0.451 e. The molecule has 1 aromatic carbocycles. The first-order chi connectivity index (χ1) is 13.5. The first-order valence-electron chi connectivity index (χ1n) is 8.68. The molecule has 3 rings (SSSR count). The van der Waals surface area contributed by atoms with Gasteiger partial charge in [0.25, 0.3) is 5.91 Å². The van der Waals surface area contributed by atoms with Gasteiger partial charge < -0.3 is 9.64 Å². The van der Waals surface area contributed by atoms with E-state index in [1.165, 1.54) is 28.4 Å². The van der Waals surface area contributed by atoms with Crippen molar-refractivity contribution in [1.29, 1.82) is 0 Å². The number of rotatable bonds is 7. The smallest absolute Gasteiger partial charge is 0.350 e. The van der Waals surface area contributed by atoms with Crippen molar-refractivity contribution in [3.05, 3.63) is 63.7 Å². The van der Waals surface area contributed by atoms with Gasteiger partial charge in [-0.1, -0.05) is 18.2 Å². The van der Waals surface area contributed by atoms with E-state index in [0.29, 0.717) is 22.7 Å². The molecule has 146 valence electrons. The summed E-state index contributed by atoms with van der Waals surface area (Å²) in [4.78, 5) is 32.1. The molecule has 0 aliphatic heterocycles. The molecule has 0 N–H and O–H groups in total. The maximum Gasteiger partial charge on any atom is 0.350 e. The zero-order valence-corrected chi connectivity index (χ0v) is 17.1. The van der Waals surface area contributed by atoms with Crippen molar-refractivity contribution in [1.82, 2.24) is 9.88 Å². The molecule has 28 heavy (non-hydrogen) atoms. The average molecular weight is 419 g/mol. The normalized spacial score (nSPS) is 10.7. The van der Waals surface area contributed by atoms with Crippen LogP contribution in [0.2, 0.25) is 0 Å². The molecule has 0 saturated heterocycles. The van der Waals surface area contributed by atoms with E-state index in [1.54, 1.807) is 30.4 Å². The molecule has 2 aromatic heterocycles. The molecule has 1 amide bonds. The monoisotopic (exact) mass is 418 g/mol. The minimum absolute atomic E-state index is 0.257. The van der Waals surface area contributed by atoms with Gasteiger partial charge in [0.05, 0.1) is 10.6 Å². The molecule has 0 atom stereocenters. The van der Waals surface area contributed by atoms with Crippen LogP contribution in [0.1, 0.15) is 27.9 Å². The maximum atomic E-state index is 13.3. The number of aromatic nitrogens is 1. The second-order valence-corrected chi connectivity index (χ2v) is 7.97. The zero-order chi connectivity index (χ0) is 20.1. The number of aryl methyl sites for hydroxylation is 1. The lowest BCUT2D eigenvalue weighted by Crippen LogP contribution is -2.34. The number of hydrogen-bond donors (Lipinski definition) is 0. The molecule has 0 fully saturated rings. The van der Waals surface area contributed by atoms with Crippen LogP contribution in [-0.4, -0.2) is 34.9 Å². The molecule has 5 nitrogen and oxygen atoms in total. The van der Waals surface area contributed by atoms with Gasteiger partial charge in [-0.05, 0) is 43.0 Å². The van der Waals surface area contributed by atoms with Crippen LogP contribution < -0.4 is 0 Å². The lowest BCUT2D eigenvalue weighted by atomic mass is 10.2. The lowest BCUT2D eigenvalue weighted by molar-refractivity contribution is -0.134. The van der Waals surface area contributed by atoms with Crippen LogP contribution in [0.15, 0.2) is 41.8 Å². The van der Waals surface area contributed by atoms with Gasteiger partial charge in [0.1, 0.15) is 15.7 Å². The molecular weight excluding hydrogens is 399 g/mol. The maximum absolute atomic E-state index is 13.3. The van der Waals surface area contributed by atoms with Gasteiger partial charge in [-0.15, -0.1) is 22.7 Å². The van der Waals surface area contributed by atoms with Crippen LogP contribution in [0, 0.1) is 12.7 Å². The molecule has 0 spiro atoms. The van der Waals surface area contributed by atoms with E-state index in [4.69, 9.17) is 4.74 Å². The number of nitrogens with zero attached hydrogens (tertiary/aromatic N) is 2. The number of carbonyl (C=O) groups is 2. The average Bonchev–Trinajstić information content (AvgIpc) is 3.33.